The number of nitrogens with two attached hydrogens (primary N) is 4. The van der Waals surface area contributed by atoms with Gasteiger partial charge in [0.2, 0.25) is 0 Å². The summed E-state index contributed by atoms with van der Waals surface area (Å²) in [6.07, 6.45) is 23.7. The van der Waals surface area contributed by atoms with Crippen molar-refractivity contribution in [1.82, 2.24) is 0 Å². The van der Waals surface area contributed by atoms with E-state index in [1.54, 1.807) is 0 Å². The smallest absolute Gasteiger partial charge is 0.134 e. The molecule has 4 heteroatoms. The van der Waals surface area contributed by atoms with Gasteiger partial charge in [-0.1, -0.05) is 83.3 Å². The van der Waals surface area contributed by atoms with E-state index in [1.807, 2.05) is 6.92 Å². The van der Waals surface area contributed by atoms with E-state index in [0.717, 1.165) is 12.8 Å². The van der Waals surface area contributed by atoms with Crippen molar-refractivity contribution in [3.63, 3.8) is 0 Å². The fraction of sp³-hybridized carbons (Fsp3) is 0.905. The Morgan fingerprint density at radius 1 is 0.600 bits per heavy atom. The Labute approximate surface area is 157 Å². The van der Waals surface area contributed by atoms with Crippen LogP contribution in [0.2, 0.25) is 0 Å². The van der Waals surface area contributed by atoms with Crippen molar-refractivity contribution in [2.75, 3.05) is 0 Å². The van der Waals surface area contributed by atoms with Crippen molar-refractivity contribution in [3.8, 4) is 0 Å². The Hall–Kier alpha value is -0.420. The Kier molecular flexibility index (Phi) is 14.5. The van der Waals surface area contributed by atoms with Crippen LogP contribution in [-0.4, -0.2) is 11.3 Å². The molecule has 0 amide bonds. The van der Waals surface area contributed by atoms with E-state index in [2.05, 4.69) is 19.1 Å². The summed E-state index contributed by atoms with van der Waals surface area (Å²) in [6.45, 7) is 4.11. The van der Waals surface area contributed by atoms with E-state index >= 15 is 0 Å². The van der Waals surface area contributed by atoms with Gasteiger partial charge in [-0.05, 0) is 39.0 Å². The minimum Gasteiger partial charge on any atom is -0.322 e. The lowest BCUT2D eigenvalue weighted by Gasteiger charge is -2.37. The van der Waals surface area contributed by atoms with E-state index in [1.165, 1.54) is 83.5 Å². The zero-order chi connectivity index (χ0) is 19.0. The average Bonchev–Trinajstić information content (AvgIpc) is 2.53. The minimum absolute atomic E-state index is 0.701. The number of rotatable bonds is 17. The quantitative estimate of drug-likeness (QED) is 0.173. The monoisotopic (exact) mass is 354 g/mol. The largest absolute Gasteiger partial charge is 0.322 e. The van der Waals surface area contributed by atoms with Crippen LogP contribution >= 0.6 is 0 Å². The summed E-state index contributed by atoms with van der Waals surface area (Å²) in [5.74, 6) is -1.30. The molecule has 0 bridgehead atoms. The molecule has 25 heavy (non-hydrogen) atoms. The first-order valence-electron chi connectivity index (χ1n) is 10.6. The van der Waals surface area contributed by atoms with E-state index in [4.69, 9.17) is 22.9 Å². The average molecular weight is 355 g/mol. The Bertz CT molecular complexity index is 318. The minimum atomic E-state index is -1.30. The maximum absolute atomic E-state index is 6.07. The van der Waals surface area contributed by atoms with Crippen molar-refractivity contribution >= 4 is 0 Å². The third kappa shape index (κ3) is 14.4. The summed E-state index contributed by atoms with van der Waals surface area (Å²) in [7, 11) is 0. The number of hydrogen-bond acceptors (Lipinski definition) is 4. The first-order valence-corrected chi connectivity index (χ1v) is 10.6. The fourth-order valence-corrected chi connectivity index (χ4v) is 2.96. The molecule has 0 saturated heterocycles. The van der Waals surface area contributed by atoms with Gasteiger partial charge in [-0.2, -0.15) is 0 Å². The second-order valence-electron chi connectivity index (χ2n) is 8.04. The SMILES string of the molecule is CCCCCCCC/C=C\CCCCCCCCC(C)(N)C(N)(N)N. The fourth-order valence-electron chi connectivity index (χ4n) is 2.96. The molecule has 150 valence electrons. The van der Waals surface area contributed by atoms with Gasteiger partial charge in [0.1, 0.15) is 5.79 Å². The predicted molar refractivity (Wildman–Crippen MR) is 112 cm³/mol. The third-order valence-corrected chi connectivity index (χ3v) is 5.20. The molecule has 0 aliphatic rings. The summed E-state index contributed by atoms with van der Waals surface area (Å²) in [6, 6.07) is 0. The summed E-state index contributed by atoms with van der Waals surface area (Å²) < 4.78 is 0. The van der Waals surface area contributed by atoms with Crippen LogP contribution in [0.1, 0.15) is 110 Å². The van der Waals surface area contributed by atoms with Gasteiger partial charge in [-0.25, -0.2) is 0 Å². The van der Waals surface area contributed by atoms with E-state index < -0.39 is 11.3 Å². The molecule has 0 fully saturated rings. The first kappa shape index (κ1) is 24.6. The second kappa shape index (κ2) is 14.7. The van der Waals surface area contributed by atoms with Gasteiger partial charge in [-0.15, -0.1) is 0 Å². The molecule has 0 aliphatic carbocycles. The lowest BCUT2D eigenvalue weighted by Crippen LogP contribution is -2.75. The highest BCUT2D eigenvalue weighted by Gasteiger charge is 2.34. The molecule has 0 heterocycles. The lowest BCUT2D eigenvalue weighted by atomic mass is 9.88. The molecule has 0 aromatic carbocycles. The number of allylic oxidation sites excluding steroid dienone is 2. The molecule has 0 aromatic rings. The molecule has 0 saturated carbocycles. The summed E-state index contributed by atoms with van der Waals surface area (Å²) in [5, 5.41) is 0. The Balaban J connectivity index is 3.33. The summed E-state index contributed by atoms with van der Waals surface area (Å²) >= 11 is 0. The van der Waals surface area contributed by atoms with E-state index in [0.29, 0.717) is 0 Å². The van der Waals surface area contributed by atoms with Crippen LogP contribution in [0.5, 0.6) is 0 Å². The van der Waals surface area contributed by atoms with Crippen LogP contribution in [0.3, 0.4) is 0 Å². The molecule has 1 unspecified atom stereocenters. The Morgan fingerprint density at radius 2 is 1.00 bits per heavy atom. The topological polar surface area (TPSA) is 104 Å². The predicted octanol–water partition coefficient (Wildman–Crippen LogP) is 4.66. The zero-order valence-electron chi connectivity index (χ0n) is 17.1. The molecule has 1 atom stereocenters. The lowest BCUT2D eigenvalue weighted by molar-refractivity contribution is 0.230. The van der Waals surface area contributed by atoms with Crippen LogP contribution in [0.15, 0.2) is 12.2 Å². The van der Waals surface area contributed by atoms with Crippen molar-refractivity contribution in [2.24, 2.45) is 22.9 Å². The van der Waals surface area contributed by atoms with E-state index in [-0.39, 0.29) is 0 Å². The molecular weight excluding hydrogens is 308 g/mol. The molecule has 4 nitrogen and oxygen atoms in total. The van der Waals surface area contributed by atoms with Crippen LogP contribution in [-0.2, 0) is 0 Å². The van der Waals surface area contributed by atoms with Gasteiger partial charge >= 0.3 is 0 Å². The molecule has 0 radical (unpaired) electrons. The van der Waals surface area contributed by atoms with E-state index in [9.17, 15) is 0 Å². The first-order chi connectivity index (χ1) is 11.8. The van der Waals surface area contributed by atoms with Crippen LogP contribution in [0.25, 0.3) is 0 Å². The standard InChI is InChI=1S/C21H46N4/c1-3-4-5-6-7-8-9-10-11-12-13-14-15-16-17-18-19-20(2,22)21(23,24)25/h10-11H,3-9,12-19,22-25H2,1-2H3/b11-10-. The molecular formula is C21H46N4. The summed E-state index contributed by atoms with van der Waals surface area (Å²) in [5.41, 5.74) is 22.5. The maximum Gasteiger partial charge on any atom is 0.134 e. The number of hydrogen-bond donors (Lipinski definition) is 4. The van der Waals surface area contributed by atoms with Crippen molar-refractivity contribution in [2.45, 2.75) is 121 Å². The molecule has 8 N–H and O–H groups in total. The van der Waals surface area contributed by atoms with Gasteiger partial charge in [0.05, 0.1) is 5.54 Å². The van der Waals surface area contributed by atoms with Gasteiger partial charge < -0.3 is 5.73 Å². The van der Waals surface area contributed by atoms with Crippen molar-refractivity contribution in [3.05, 3.63) is 12.2 Å². The highest BCUT2D eigenvalue weighted by atomic mass is 15.2. The second-order valence-corrected chi connectivity index (χ2v) is 8.04. The molecule has 0 rings (SSSR count). The Morgan fingerprint density at radius 3 is 1.44 bits per heavy atom. The van der Waals surface area contributed by atoms with Gasteiger partial charge in [-0.3, -0.25) is 17.2 Å². The molecule has 0 aromatic heterocycles. The van der Waals surface area contributed by atoms with Crippen molar-refractivity contribution in [1.29, 1.82) is 0 Å². The zero-order valence-corrected chi connectivity index (χ0v) is 17.1. The van der Waals surface area contributed by atoms with Crippen LogP contribution in [0, 0.1) is 0 Å². The highest BCUT2D eigenvalue weighted by molar-refractivity contribution is 4.95. The molecule has 0 aliphatic heterocycles. The van der Waals surface area contributed by atoms with Crippen LogP contribution < -0.4 is 22.9 Å². The highest BCUT2D eigenvalue weighted by Crippen LogP contribution is 2.17. The molecule has 0 spiro atoms. The van der Waals surface area contributed by atoms with Gasteiger partial charge in [0.25, 0.3) is 0 Å². The maximum atomic E-state index is 6.07. The van der Waals surface area contributed by atoms with Crippen molar-refractivity contribution < 1.29 is 0 Å². The van der Waals surface area contributed by atoms with Gasteiger partial charge in [0.15, 0.2) is 0 Å². The van der Waals surface area contributed by atoms with Gasteiger partial charge in [0, 0.05) is 0 Å². The normalized spacial score (nSPS) is 15.0. The third-order valence-electron chi connectivity index (χ3n) is 5.20. The van der Waals surface area contributed by atoms with Crippen LogP contribution in [0.4, 0.5) is 0 Å². The summed E-state index contributed by atoms with van der Waals surface area (Å²) in [4.78, 5) is 0. The number of unbranched alkanes of at least 4 members (excludes halogenated alkanes) is 12.